The lowest BCUT2D eigenvalue weighted by Crippen LogP contribution is -2.45. The molecule has 2 aliphatic rings. The Kier molecular flexibility index (Phi) is 10.3. The molecule has 2 aromatic carbocycles. The van der Waals surface area contributed by atoms with Gasteiger partial charge in [-0.1, -0.05) is 65.8 Å². The lowest BCUT2D eigenvalue weighted by molar-refractivity contribution is 0.0504. The Morgan fingerprint density at radius 1 is 0.962 bits per heavy atom. The summed E-state index contributed by atoms with van der Waals surface area (Å²) in [6.45, 7) is 16.9. The van der Waals surface area contributed by atoms with Crippen molar-refractivity contribution in [3.63, 3.8) is 0 Å². The number of aromatic nitrogens is 4. The van der Waals surface area contributed by atoms with Gasteiger partial charge in [0.15, 0.2) is 5.75 Å². The summed E-state index contributed by atoms with van der Waals surface area (Å²) in [6, 6.07) is 11.7. The first kappa shape index (κ1) is 37.2. The van der Waals surface area contributed by atoms with Crippen LogP contribution in [-0.4, -0.2) is 57.9 Å². The second-order valence-electron chi connectivity index (χ2n) is 16.5. The van der Waals surface area contributed by atoms with Gasteiger partial charge in [-0.25, -0.2) is 28.1 Å². The SMILES string of the molecule is Cc1cccc(CC(C)(C)C)c1-c1nc2nc(c1C)OC[C@@H](CC(C)(C)C)N(Cc1ncc(OC3CCC3)cn1)C(=O)c1cccc(c1)S(=O)(=O)N2. The largest absolute Gasteiger partial charge is 0.487 e. The number of fused-ring (bicyclic) bond motifs is 4. The van der Waals surface area contributed by atoms with Crippen LogP contribution in [0.5, 0.6) is 11.6 Å². The van der Waals surface area contributed by atoms with Gasteiger partial charge in [0.25, 0.3) is 15.9 Å². The molecule has 0 spiro atoms. The van der Waals surface area contributed by atoms with E-state index in [1.54, 1.807) is 29.4 Å². The predicted octanol–water partition coefficient (Wildman–Crippen LogP) is 7.71. The minimum Gasteiger partial charge on any atom is -0.487 e. The maximum Gasteiger partial charge on any atom is 0.264 e. The monoisotopic (exact) mass is 726 g/mol. The molecule has 1 atom stereocenters. The number of nitrogens with one attached hydrogen (secondary N) is 1. The molecule has 4 aromatic rings. The zero-order valence-electron chi connectivity index (χ0n) is 31.5. The third kappa shape index (κ3) is 8.71. The molecule has 1 aliphatic carbocycles. The zero-order valence-corrected chi connectivity index (χ0v) is 32.3. The molecule has 1 N–H and O–H groups in total. The van der Waals surface area contributed by atoms with E-state index >= 15 is 0 Å². The van der Waals surface area contributed by atoms with Crippen LogP contribution in [0.25, 0.3) is 11.3 Å². The Hall–Kier alpha value is -4.58. The van der Waals surface area contributed by atoms with Crippen molar-refractivity contribution in [3.8, 4) is 22.9 Å². The third-order valence-corrected chi connectivity index (χ3v) is 10.7. The molecule has 11 nitrogen and oxygen atoms in total. The third-order valence-electron chi connectivity index (χ3n) is 9.35. The Labute approximate surface area is 307 Å². The van der Waals surface area contributed by atoms with Gasteiger partial charge in [-0.2, -0.15) is 4.98 Å². The molecule has 4 bridgehead atoms. The summed E-state index contributed by atoms with van der Waals surface area (Å²) in [7, 11) is -4.21. The van der Waals surface area contributed by atoms with Crippen LogP contribution in [0, 0.1) is 24.7 Å². The van der Waals surface area contributed by atoms with Crippen LogP contribution < -0.4 is 14.2 Å². The van der Waals surface area contributed by atoms with E-state index in [1.165, 1.54) is 12.1 Å². The molecule has 0 radical (unpaired) electrons. The minimum absolute atomic E-state index is 0.0166. The summed E-state index contributed by atoms with van der Waals surface area (Å²) in [5.41, 5.74) is 4.24. The zero-order chi connectivity index (χ0) is 37.4. The Balaban J connectivity index is 1.47. The first-order valence-electron chi connectivity index (χ1n) is 18.0. The van der Waals surface area contributed by atoms with Crippen LogP contribution in [0.2, 0.25) is 0 Å². The van der Waals surface area contributed by atoms with Crippen molar-refractivity contribution in [2.24, 2.45) is 10.8 Å². The van der Waals surface area contributed by atoms with Crippen LogP contribution in [0.3, 0.4) is 0 Å². The summed E-state index contributed by atoms with van der Waals surface area (Å²) in [5.74, 6) is 0.776. The van der Waals surface area contributed by atoms with Gasteiger partial charge in [-0.3, -0.25) is 4.79 Å². The van der Waals surface area contributed by atoms with Crippen molar-refractivity contribution in [2.45, 2.75) is 111 Å². The molecule has 0 unspecified atom stereocenters. The number of carbonyl (C=O) groups excluding carboxylic acids is 1. The molecule has 2 aromatic heterocycles. The number of rotatable bonds is 7. The summed E-state index contributed by atoms with van der Waals surface area (Å²) < 4.78 is 42.9. The number of aryl methyl sites for hydroxylation is 1. The van der Waals surface area contributed by atoms with Crippen molar-refractivity contribution in [1.29, 1.82) is 0 Å². The highest BCUT2D eigenvalue weighted by Crippen LogP contribution is 2.37. The minimum atomic E-state index is -4.21. The molecule has 1 amide bonds. The molecular formula is C40H50N6O5S. The molecule has 0 saturated heterocycles. The summed E-state index contributed by atoms with van der Waals surface area (Å²) in [5, 5.41) is 0. The van der Waals surface area contributed by atoms with E-state index in [0.717, 1.165) is 42.4 Å². The summed E-state index contributed by atoms with van der Waals surface area (Å²) in [4.78, 5) is 34.7. The molecule has 3 heterocycles. The smallest absolute Gasteiger partial charge is 0.264 e. The number of ether oxygens (including phenoxy) is 2. The number of hydrogen-bond acceptors (Lipinski definition) is 9. The summed E-state index contributed by atoms with van der Waals surface area (Å²) in [6.07, 6.45) is 8.00. The van der Waals surface area contributed by atoms with Crippen molar-refractivity contribution in [3.05, 3.63) is 82.9 Å². The highest BCUT2D eigenvalue weighted by molar-refractivity contribution is 7.92. The highest BCUT2D eigenvalue weighted by Gasteiger charge is 2.33. The Morgan fingerprint density at radius 2 is 1.67 bits per heavy atom. The first-order chi connectivity index (χ1) is 24.5. The van der Waals surface area contributed by atoms with Crippen LogP contribution in [0.1, 0.15) is 100 Å². The van der Waals surface area contributed by atoms with Gasteiger partial charge in [0.1, 0.15) is 12.4 Å². The van der Waals surface area contributed by atoms with Crippen LogP contribution in [0.15, 0.2) is 59.8 Å². The lowest BCUT2D eigenvalue weighted by atomic mass is 9.84. The Morgan fingerprint density at radius 3 is 2.33 bits per heavy atom. The quantitative estimate of drug-likeness (QED) is 0.203. The molecule has 1 saturated carbocycles. The average molecular weight is 727 g/mol. The number of benzene rings is 2. The molecule has 52 heavy (non-hydrogen) atoms. The van der Waals surface area contributed by atoms with E-state index in [2.05, 4.69) is 67.3 Å². The van der Waals surface area contributed by atoms with Crippen LogP contribution >= 0.6 is 0 Å². The van der Waals surface area contributed by atoms with Crippen LogP contribution in [-0.2, 0) is 23.0 Å². The van der Waals surface area contributed by atoms with Crippen molar-refractivity contribution >= 4 is 21.9 Å². The molecule has 1 fully saturated rings. The number of carbonyl (C=O) groups is 1. The number of anilines is 1. The van der Waals surface area contributed by atoms with Crippen molar-refractivity contribution in [1.82, 2.24) is 24.8 Å². The number of sulfonamides is 1. The van der Waals surface area contributed by atoms with Gasteiger partial charge in [-0.05, 0) is 86.1 Å². The number of hydrogen-bond donors (Lipinski definition) is 1. The topological polar surface area (TPSA) is 136 Å². The van der Waals surface area contributed by atoms with Crippen LogP contribution in [0.4, 0.5) is 5.95 Å². The van der Waals surface area contributed by atoms with E-state index in [9.17, 15) is 13.2 Å². The highest BCUT2D eigenvalue weighted by atomic mass is 32.2. The van der Waals surface area contributed by atoms with Gasteiger partial charge < -0.3 is 14.4 Å². The van der Waals surface area contributed by atoms with E-state index < -0.39 is 16.1 Å². The molecule has 6 rings (SSSR count). The predicted molar refractivity (Wildman–Crippen MR) is 201 cm³/mol. The molecule has 1 aliphatic heterocycles. The van der Waals surface area contributed by atoms with Crippen molar-refractivity contribution < 1.29 is 22.7 Å². The maximum atomic E-state index is 14.5. The van der Waals surface area contributed by atoms with Gasteiger partial charge in [-0.15, -0.1) is 0 Å². The van der Waals surface area contributed by atoms with Gasteiger partial charge in [0.05, 0.1) is 41.7 Å². The van der Waals surface area contributed by atoms with Crippen molar-refractivity contribution in [2.75, 3.05) is 11.3 Å². The van der Waals surface area contributed by atoms with Gasteiger partial charge in [0.2, 0.25) is 11.8 Å². The van der Waals surface area contributed by atoms with Gasteiger partial charge in [0, 0.05) is 16.7 Å². The molecular weight excluding hydrogens is 677 g/mol. The first-order valence-corrected chi connectivity index (χ1v) is 19.5. The van der Waals surface area contributed by atoms with E-state index in [1.807, 2.05) is 26.0 Å². The second kappa shape index (κ2) is 14.4. The fourth-order valence-corrected chi connectivity index (χ4v) is 7.67. The second-order valence-corrected chi connectivity index (χ2v) is 18.2. The number of amides is 1. The fourth-order valence-electron chi connectivity index (χ4n) is 6.68. The van der Waals surface area contributed by atoms with E-state index in [0.29, 0.717) is 29.3 Å². The number of nitrogens with zero attached hydrogens (tertiary/aromatic N) is 5. The normalized spacial score (nSPS) is 17.9. The molecule has 276 valence electrons. The average Bonchev–Trinajstić information content (AvgIpc) is 3.04. The van der Waals surface area contributed by atoms with E-state index in [4.69, 9.17) is 14.5 Å². The summed E-state index contributed by atoms with van der Waals surface area (Å²) >= 11 is 0. The Bertz CT molecular complexity index is 2050. The lowest BCUT2D eigenvalue weighted by Gasteiger charge is -2.35. The standard InChI is InChI=1S/C40H50N6O5S/c1-25-12-9-14-28(19-39(3,4)5)34(25)35-26(2)36-44-38(43-35)45-52(48,49)32-17-10-13-27(18-32)37(47)46(29(24-50-36)20-40(6,7)8)23-33-41-21-31(22-42-33)51-30-15-11-16-30/h9-10,12-14,17-18,21-22,29-30H,11,15-16,19-20,23-24H2,1-8H3,(H,43,44,45)/t29-/m1/s1. The fraction of sp³-hybridized carbons (Fsp3) is 0.475. The molecule has 12 heteroatoms. The van der Waals surface area contributed by atoms with E-state index in [-0.39, 0.29) is 58.3 Å². The maximum absolute atomic E-state index is 14.5. The van der Waals surface area contributed by atoms with Gasteiger partial charge >= 0.3 is 0 Å².